The van der Waals surface area contributed by atoms with Crippen LogP contribution < -0.4 is 10.6 Å². The van der Waals surface area contributed by atoms with Gasteiger partial charge in [0.05, 0.1) is 4.90 Å². The zero-order chi connectivity index (χ0) is 22.6. The lowest BCUT2D eigenvalue weighted by Gasteiger charge is -2.12. The Morgan fingerprint density at radius 1 is 0.968 bits per heavy atom. The molecule has 2 aromatic carbocycles. The van der Waals surface area contributed by atoms with Crippen LogP contribution >= 0.6 is 0 Å². The van der Waals surface area contributed by atoms with Gasteiger partial charge in [-0.05, 0) is 48.9 Å². The van der Waals surface area contributed by atoms with Gasteiger partial charge in [-0.25, -0.2) is 8.42 Å². The van der Waals surface area contributed by atoms with Crippen LogP contribution in [0.25, 0.3) is 0 Å². The standard InChI is InChI=1S/C23H24N2O5S/c1-15(2)22(26)24-17-10-9-16(3)20(13-17)25-23(27)21-12-11-18(30-21)14-31(28,29)19-7-5-4-6-8-19/h4-13,15H,14H2,1-3H3,(H,24,26)(H,25,27). The van der Waals surface area contributed by atoms with Crippen molar-refractivity contribution in [3.8, 4) is 0 Å². The molecule has 1 aromatic heterocycles. The van der Waals surface area contributed by atoms with Crippen molar-refractivity contribution >= 4 is 33.0 Å². The molecule has 1 heterocycles. The average Bonchev–Trinajstić information content (AvgIpc) is 3.19. The fourth-order valence-electron chi connectivity index (χ4n) is 2.78. The van der Waals surface area contributed by atoms with Crippen LogP contribution in [0.1, 0.15) is 35.7 Å². The molecule has 0 radical (unpaired) electrons. The largest absolute Gasteiger partial charge is 0.455 e. The summed E-state index contributed by atoms with van der Waals surface area (Å²) in [5.74, 6) is -0.999. The molecule has 0 saturated heterocycles. The minimum atomic E-state index is -3.58. The Morgan fingerprint density at radius 3 is 2.35 bits per heavy atom. The molecule has 0 aliphatic heterocycles. The third-order valence-electron chi connectivity index (χ3n) is 4.60. The van der Waals surface area contributed by atoms with E-state index in [0.717, 1.165) is 5.56 Å². The summed E-state index contributed by atoms with van der Waals surface area (Å²) in [5.41, 5.74) is 1.88. The number of amides is 2. The van der Waals surface area contributed by atoms with Crippen LogP contribution in [0.4, 0.5) is 11.4 Å². The Balaban J connectivity index is 1.72. The minimum absolute atomic E-state index is 0.00530. The minimum Gasteiger partial charge on any atom is -0.455 e. The predicted molar refractivity (Wildman–Crippen MR) is 119 cm³/mol. The van der Waals surface area contributed by atoms with E-state index in [4.69, 9.17) is 4.42 Å². The third-order valence-corrected chi connectivity index (χ3v) is 6.25. The smallest absolute Gasteiger partial charge is 0.291 e. The van der Waals surface area contributed by atoms with E-state index < -0.39 is 15.7 Å². The lowest BCUT2D eigenvalue weighted by atomic mass is 10.1. The second-order valence-electron chi connectivity index (χ2n) is 7.47. The van der Waals surface area contributed by atoms with Gasteiger partial charge in [-0.3, -0.25) is 9.59 Å². The van der Waals surface area contributed by atoms with Crippen LogP contribution in [0.15, 0.2) is 70.0 Å². The highest BCUT2D eigenvalue weighted by Crippen LogP contribution is 2.23. The van der Waals surface area contributed by atoms with E-state index in [1.807, 2.05) is 6.92 Å². The number of anilines is 2. The monoisotopic (exact) mass is 440 g/mol. The van der Waals surface area contributed by atoms with Gasteiger partial charge in [-0.2, -0.15) is 0 Å². The Morgan fingerprint density at radius 2 is 1.68 bits per heavy atom. The van der Waals surface area contributed by atoms with E-state index in [-0.39, 0.29) is 34.0 Å². The van der Waals surface area contributed by atoms with E-state index in [1.165, 1.54) is 24.3 Å². The van der Waals surface area contributed by atoms with Gasteiger partial charge in [0.25, 0.3) is 5.91 Å². The summed E-state index contributed by atoms with van der Waals surface area (Å²) >= 11 is 0. The lowest BCUT2D eigenvalue weighted by Crippen LogP contribution is -2.18. The van der Waals surface area contributed by atoms with Crippen LogP contribution in [0.3, 0.4) is 0 Å². The Hall–Kier alpha value is -3.39. The summed E-state index contributed by atoms with van der Waals surface area (Å²) in [6.45, 7) is 5.40. The van der Waals surface area contributed by atoms with Crippen molar-refractivity contribution in [2.75, 3.05) is 10.6 Å². The average molecular weight is 441 g/mol. The van der Waals surface area contributed by atoms with Gasteiger partial charge in [0.2, 0.25) is 5.91 Å². The first kappa shape index (κ1) is 22.3. The molecule has 31 heavy (non-hydrogen) atoms. The topological polar surface area (TPSA) is 105 Å². The summed E-state index contributed by atoms with van der Waals surface area (Å²) in [5, 5.41) is 5.53. The van der Waals surface area contributed by atoms with Crippen molar-refractivity contribution in [3.63, 3.8) is 0 Å². The van der Waals surface area contributed by atoms with Crippen molar-refractivity contribution in [1.29, 1.82) is 0 Å². The second kappa shape index (κ2) is 9.18. The molecule has 3 aromatic rings. The Labute approximate surface area is 181 Å². The molecule has 0 bridgehead atoms. The third kappa shape index (κ3) is 5.61. The zero-order valence-corrected chi connectivity index (χ0v) is 18.3. The zero-order valence-electron chi connectivity index (χ0n) is 17.5. The number of sulfone groups is 1. The molecular weight excluding hydrogens is 416 g/mol. The molecule has 7 nitrogen and oxygen atoms in total. The summed E-state index contributed by atoms with van der Waals surface area (Å²) in [6.07, 6.45) is 0. The SMILES string of the molecule is Cc1ccc(NC(=O)C(C)C)cc1NC(=O)c1ccc(CS(=O)(=O)c2ccccc2)o1. The van der Waals surface area contributed by atoms with E-state index in [9.17, 15) is 18.0 Å². The molecule has 0 aliphatic carbocycles. The Kier molecular flexibility index (Phi) is 6.60. The number of rotatable bonds is 7. The normalized spacial score (nSPS) is 11.4. The molecule has 0 aliphatic rings. The first-order chi connectivity index (χ1) is 14.7. The van der Waals surface area contributed by atoms with Crippen molar-refractivity contribution in [2.24, 2.45) is 5.92 Å². The number of carbonyl (C=O) groups excluding carboxylic acids is 2. The van der Waals surface area contributed by atoms with E-state index >= 15 is 0 Å². The molecule has 162 valence electrons. The predicted octanol–water partition coefficient (Wildman–Crippen LogP) is 4.41. The molecule has 0 saturated carbocycles. The summed E-state index contributed by atoms with van der Waals surface area (Å²) in [4.78, 5) is 24.7. The first-order valence-electron chi connectivity index (χ1n) is 9.75. The number of benzene rings is 2. The number of hydrogen-bond acceptors (Lipinski definition) is 5. The van der Waals surface area contributed by atoms with Gasteiger partial charge < -0.3 is 15.1 Å². The van der Waals surface area contributed by atoms with E-state index in [2.05, 4.69) is 10.6 Å². The second-order valence-corrected chi connectivity index (χ2v) is 9.46. The lowest BCUT2D eigenvalue weighted by molar-refractivity contribution is -0.118. The number of carbonyl (C=O) groups is 2. The highest BCUT2D eigenvalue weighted by molar-refractivity contribution is 7.90. The molecule has 0 atom stereocenters. The van der Waals surface area contributed by atoms with Crippen molar-refractivity contribution < 1.29 is 22.4 Å². The fraction of sp³-hybridized carbons (Fsp3) is 0.217. The molecule has 0 spiro atoms. The van der Waals surface area contributed by atoms with Crippen LogP contribution in [0.5, 0.6) is 0 Å². The highest BCUT2D eigenvalue weighted by Gasteiger charge is 2.19. The molecule has 2 N–H and O–H groups in total. The maximum absolute atomic E-state index is 12.6. The van der Waals surface area contributed by atoms with E-state index in [1.54, 1.807) is 50.2 Å². The van der Waals surface area contributed by atoms with Crippen LogP contribution in [0.2, 0.25) is 0 Å². The Bertz CT molecular complexity index is 1200. The highest BCUT2D eigenvalue weighted by atomic mass is 32.2. The van der Waals surface area contributed by atoms with Gasteiger partial charge in [0.15, 0.2) is 15.6 Å². The number of hydrogen-bond donors (Lipinski definition) is 2. The van der Waals surface area contributed by atoms with Crippen molar-refractivity contribution in [3.05, 3.63) is 77.7 Å². The molecule has 0 fully saturated rings. The quantitative estimate of drug-likeness (QED) is 0.566. The maximum Gasteiger partial charge on any atom is 0.291 e. The van der Waals surface area contributed by atoms with Crippen LogP contribution in [-0.2, 0) is 20.4 Å². The summed E-state index contributed by atoms with van der Waals surface area (Å²) in [7, 11) is -3.58. The van der Waals surface area contributed by atoms with Gasteiger partial charge in [-0.15, -0.1) is 0 Å². The van der Waals surface area contributed by atoms with Crippen LogP contribution in [-0.4, -0.2) is 20.2 Å². The summed E-state index contributed by atoms with van der Waals surface area (Å²) < 4.78 is 30.5. The number of furan rings is 1. The molecule has 2 amide bonds. The van der Waals surface area contributed by atoms with Gasteiger partial charge >= 0.3 is 0 Å². The molecular formula is C23H24N2O5S. The number of aryl methyl sites for hydroxylation is 1. The maximum atomic E-state index is 12.6. The summed E-state index contributed by atoms with van der Waals surface area (Å²) in [6, 6.07) is 16.2. The van der Waals surface area contributed by atoms with Crippen molar-refractivity contribution in [1.82, 2.24) is 0 Å². The van der Waals surface area contributed by atoms with Crippen molar-refractivity contribution in [2.45, 2.75) is 31.4 Å². The van der Waals surface area contributed by atoms with Gasteiger partial charge in [-0.1, -0.05) is 38.1 Å². The van der Waals surface area contributed by atoms with E-state index in [0.29, 0.717) is 11.4 Å². The fourth-order valence-corrected chi connectivity index (χ4v) is 4.05. The first-order valence-corrected chi connectivity index (χ1v) is 11.4. The van der Waals surface area contributed by atoms with Gasteiger partial charge in [0.1, 0.15) is 11.5 Å². The van der Waals surface area contributed by atoms with Gasteiger partial charge in [0, 0.05) is 17.3 Å². The number of nitrogens with one attached hydrogen (secondary N) is 2. The molecule has 3 rings (SSSR count). The molecule has 8 heteroatoms. The molecule has 0 unspecified atom stereocenters. The van der Waals surface area contributed by atoms with Crippen LogP contribution in [0, 0.1) is 12.8 Å².